The van der Waals surface area contributed by atoms with Gasteiger partial charge in [-0.05, 0) is 55.9 Å². The second kappa shape index (κ2) is 3.63. The lowest BCUT2D eigenvalue weighted by Crippen LogP contribution is -2.17. The van der Waals surface area contributed by atoms with Gasteiger partial charge in [-0.1, -0.05) is 6.07 Å². The maximum atomic E-state index is 5.85. The van der Waals surface area contributed by atoms with Gasteiger partial charge in [0.25, 0.3) is 0 Å². The van der Waals surface area contributed by atoms with Crippen LogP contribution in [0.4, 0.5) is 0 Å². The maximum Gasteiger partial charge on any atom is 0.0459 e. The quantitative estimate of drug-likeness (QED) is 0.792. The Morgan fingerprint density at radius 2 is 2.25 bits per heavy atom. The first-order chi connectivity index (χ1) is 7.74. The van der Waals surface area contributed by atoms with Crippen LogP contribution in [0.5, 0.6) is 0 Å². The molecule has 3 N–H and O–H groups in total. The van der Waals surface area contributed by atoms with Gasteiger partial charge in [0.1, 0.15) is 0 Å². The number of fused-ring (bicyclic) bond motifs is 3. The Balaban J connectivity index is 2.09. The average Bonchev–Trinajstić information content (AvgIpc) is 2.77. The Morgan fingerprint density at radius 3 is 3.06 bits per heavy atom. The number of aromatic nitrogens is 1. The molecule has 0 bridgehead atoms. The Bertz CT molecular complexity index is 523. The molecule has 0 saturated heterocycles. The van der Waals surface area contributed by atoms with E-state index >= 15 is 0 Å². The minimum absolute atomic E-state index is 0.240. The highest BCUT2D eigenvalue weighted by atomic mass is 14.7. The van der Waals surface area contributed by atoms with Crippen molar-refractivity contribution in [1.82, 2.24) is 4.98 Å². The third kappa shape index (κ3) is 1.54. The average molecular weight is 214 g/mol. The molecule has 0 fully saturated rings. The predicted octanol–water partition coefficient (Wildman–Crippen LogP) is 2.55. The first-order valence-electron chi connectivity index (χ1n) is 6.12. The van der Waals surface area contributed by atoms with Gasteiger partial charge in [-0.2, -0.15) is 0 Å². The molecule has 1 aliphatic rings. The van der Waals surface area contributed by atoms with Crippen molar-refractivity contribution < 1.29 is 0 Å². The van der Waals surface area contributed by atoms with Gasteiger partial charge in [-0.3, -0.25) is 0 Å². The van der Waals surface area contributed by atoms with Crippen LogP contribution >= 0.6 is 0 Å². The van der Waals surface area contributed by atoms with E-state index in [1.807, 2.05) is 0 Å². The fourth-order valence-corrected chi connectivity index (χ4v) is 2.79. The van der Waals surface area contributed by atoms with Crippen molar-refractivity contribution in [2.24, 2.45) is 5.73 Å². The van der Waals surface area contributed by atoms with E-state index in [0.29, 0.717) is 0 Å². The zero-order chi connectivity index (χ0) is 11.1. The number of benzene rings is 1. The molecule has 3 rings (SSSR count). The van der Waals surface area contributed by atoms with Crippen LogP contribution in [0.25, 0.3) is 10.9 Å². The molecule has 84 valence electrons. The number of hydrogen-bond acceptors (Lipinski definition) is 1. The molecule has 1 atom stereocenters. The molecule has 1 unspecified atom stereocenters. The number of nitrogens with one attached hydrogen (secondary N) is 1. The van der Waals surface area contributed by atoms with Crippen LogP contribution in [-0.2, 0) is 19.3 Å². The number of aromatic amines is 1. The van der Waals surface area contributed by atoms with Gasteiger partial charge in [-0.25, -0.2) is 0 Å². The Morgan fingerprint density at radius 1 is 1.38 bits per heavy atom. The van der Waals surface area contributed by atoms with Crippen molar-refractivity contribution in [3.05, 3.63) is 35.0 Å². The highest BCUT2D eigenvalue weighted by Crippen LogP contribution is 2.30. The lowest BCUT2D eigenvalue weighted by atomic mass is 10.0. The van der Waals surface area contributed by atoms with Crippen LogP contribution in [0.2, 0.25) is 0 Å². The lowest BCUT2D eigenvalue weighted by Gasteiger charge is -2.05. The predicted molar refractivity (Wildman–Crippen MR) is 67.7 cm³/mol. The van der Waals surface area contributed by atoms with E-state index in [1.54, 1.807) is 5.56 Å². The molecule has 0 aliphatic heterocycles. The van der Waals surface area contributed by atoms with Crippen molar-refractivity contribution in [2.45, 2.75) is 38.6 Å². The van der Waals surface area contributed by atoms with Crippen molar-refractivity contribution >= 4 is 10.9 Å². The summed E-state index contributed by atoms with van der Waals surface area (Å²) >= 11 is 0. The van der Waals surface area contributed by atoms with E-state index in [0.717, 1.165) is 6.42 Å². The van der Waals surface area contributed by atoms with E-state index in [-0.39, 0.29) is 6.04 Å². The summed E-state index contributed by atoms with van der Waals surface area (Å²) in [6.07, 6.45) is 4.72. The zero-order valence-electron chi connectivity index (χ0n) is 9.72. The number of hydrogen-bond donors (Lipinski definition) is 2. The van der Waals surface area contributed by atoms with Crippen molar-refractivity contribution in [3.63, 3.8) is 0 Å². The van der Waals surface area contributed by atoms with Gasteiger partial charge in [0.15, 0.2) is 0 Å². The number of aryl methyl sites for hydroxylation is 2. The molecule has 1 aliphatic carbocycles. The third-order valence-electron chi connectivity index (χ3n) is 3.47. The van der Waals surface area contributed by atoms with Crippen LogP contribution in [0, 0.1) is 0 Å². The van der Waals surface area contributed by atoms with Gasteiger partial charge < -0.3 is 10.7 Å². The van der Waals surface area contributed by atoms with E-state index in [9.17, 15) is 0 Å². The van der Waals surface area contributed by atoms with E-state index < -0.39 is 0 Å². The van der Waals surface area contributed by atoms with E-state index in [1.165, 1.54) is 41.4 Å². The molecular weight excluding hydrogens is 196 g/mol. The van der Waals surface area contributed by atoms with Crippen molar-refractivity contribution in [2.75, 3.05) is 0 Å². The molecule has 1 heterocycles. The third-order valence-corrected chi connectivity index (χ3v) is 3.47. The van der Waals surface area contributed by atoms with Crippen LogP contribution in [-0.4, -0.2) is 11.0 Å². The summed E-state index contributed by atoms with van der Waals surface area (Å²) in [5, 5.41) is 1.42. The molecule has 2 heteroatoms. The number of rotatable bonds is 2. The maximum absolute atomic E-state index is 5.85. The Kier molecular flexibility index (Phi) is 2.25. The molecule has 0 radical (unpaired) electrons. The minimum Gasteiger partial charge on any atom is -0.358 e. The summed E-state index contributed by atoms with van der Waals surface area (Å²) in [4.78, 5) is 3.53. The lowest BCUT2D eigenvalue weighted by molar-refractivity contribution is 0.739. The fraction of sp³-hybridized carbons (Fsp3) is 0.429. The fourth-order valence-electron chi connectivity index (χ4n) is 2.79. The van der Waals surface area contributed by atoms with Gasteiger partial charge in [0, 0.05) is 22.6 Å². The standard InChI is InChI=1S/C14H18N2/c1-9(15)7-10-5-6-14-12(8-10)11-3-2-4-13(11)16-14/h5-6,8-9,16H,2-4,7,15H2,1H3. The van der Waals surface area contributed by atoms with Crippen molar-refractivity contribution in [1.29, 1.82) is 0 Å². The van der Waals surface area contributed by atoms with Gasteiger partial charge >= 0.3 is 0 Å². The van der Waals surface area contributed by atoms with E-state index in [2.05, 4.69) is 30.1 Å². The molecule has 16 heavy (non-hydrogen) atoms. The van der Waals surface area contributed by atoms with Crippen LogP contribution in [0.1, 0.15) is 30.2 Å². The molecule has 1 aromatic heterocycles. The first-order valence-corrected chi connectivity index (χ1v) is 6.12. The molecule has 1 aromatic carbocycles. The molecule has 0 amide bonds. The Hall–Kier alpha value is -1.28. The summed E-state index contributed by atoms with van der Waals surface area (Å²) in [7, 11) is 0. The van der Waals surface area contributed by atoms with Gasteiger partial charge in [0.05, 0.1) is 0 Å². The molecule has 0 spiro atoms. The van der Waals surface area contributed by atoms with Crippen LogP contribution < -0.4 is 5.73 Å². The molecule has 0 saturated carbocycles. The SMILES string of the molecule is CC(N)Cc1ccc2[nH]c3c(c2c1)CCC3. The van der Waals surface area contributed by atoms with Crippen molar-refractivity contribution in [3.8, 4) is 0 Å². The van der Waals surface area contributed by atoms with Gasteiger partial charge in [0.2, 0.25) is 0 Å². The normalized spacial score (nSPS) is 16.6. The summed E-state index contributed by atoms with van der Waals surface area (Å²) in [5.74, 6) is 0. The number of nitrogens with two attached hydrogens (primary N) is 1. The highest BCUT2D eigenvalue weighted by molar-refractivity contribution is 5.85. The first kappa shape index (κ1) is 9.91. The topological polar surface area (TPSA) is 41.8 Å². The van der Waals surface area contributed by atoms with Gasteiger partial charge in [-0.15, -0.1) is 0 Å². The van der Waals surface area contributed by atoms with Crippen LogP contribution in [0.3, 0.4) is 0 Å². The summed E-state index contributed by atoms with van der Waals surface area (Å²) in [6, 6.07) is 6.95. The zero-order valence-corrected chi connectivity index (χ0v) is 9.72. The summed E-state index contributed by atoms with van der Waals surface area (Å²) < 4.78 is 0. The Labute approximate surface area is 95.8 Å². The largest absolute Gasteiger partial charge is 0.358 e. The molecule has 2 nitrogen and oxygen atoms in total. The summed E-state index contributed by atoms with van der Waals surface area (Å²) in [6.45, 7) is 2.06. The smallest absolute Gasteiger partial charge is 0.0459 e. The minimum atomic E-state index is 0.240. The summed E-state index contributed by atoms with van der Waals surface area (Å²) in [5.41, 5.74) is 11.5. The van der Waals surface area contributed by atoms with Crippen LogP contribution in [0.15, 0.2) is 18.2 Å². The molecule has 2 aromatic rings. The number of H-pyrrole nitrogens is 1. The monoisotopic (exact) mass is 214 g/mol. The van der Waals surface area contributed by atoms with E-state index in [4.69, 9.17) is 5.73 Å². The molecular formula is C14H18N2. The second-order valence-electron chi connectivity index (χ2n) is 5.00. The highest BCUT2D eigenvalue weighted by Gasteiger charge is 2.16. The second-order valence-corrected chi connectivity index (χ2v) is 5.00.